The molecule has 2 amide bonds. The average Bonchev–Trinajstić information content (AvgIpc) is 2.55. The number of amides is 2. The molecule has 0 spiro atoms. The Morgan fingerprint density at radius 3 is 2.36 bits per heavy atom. The number of carbonyl (C=O) groups is 2. The summed E-state index contributed by atoms with van der Waals surface area (Å²) in [5.74, 6) is -0.332. The number of halogens is 1. The van der Waals surface area contributed by atoms with Gasteiger partial charge in [-0.05, 0) is 56.2 Å². The largest absolute Gasteiger partial charge is 0.311 e. The first-order valence-corrected chi connectivity index (χ1v) is 8.62. The number of carbonyl (C=O) groups excluding carboxylic acids is 2. The van der Waals surface area contributed by atoms with Gasteiger partial charge in [-0.3, -0.25) is 9.59 Å². The third-order valence-corrected chi connectivity index (χ3v) is 4.30. The van der Waals surface area contributed by atoms with Gasteiger partial charge >= 0.3 is 0 Å². The van der Waals surface area contributed by atoms with Gasteiger partial charge < -0.3 is 9.80 Å². The number of benzene rings is 2. The highest BCUT2D eigenvalue weighted by atomic mass is 35.5. The van der Waals surface area contributed by atoms with E-state index in [9.17, 15) is 9.59 Å². The van der Waals surface area contributed by atoms with Crippen LogP contribution in [0.4, 0.5) is 11.4 Å². The Kier molecular flexibility index (Phi) is 6.21. The molecule has 0 aliphatic rings. The maximum absolute atomic E-state index is 12.9. The van der Waals surface area contributed by atoms with Gasteiger partial charge in [0.2, 0.25) is 11.8 Å². The van der Waals surface area contributed by atoms with Crippen LogP contribution in [0.5, 0.6) is 0 Å². The Labute approximate surface area is 154 Å². The van der Waals surface area contributed by atoms with Gasteiger partial charge in [0.05, 0.1) is 0 Å². The van der Waals surface area contributed by atoms with Crippen molar-refractivity contribution >= 4 is 34.8 Å². The van der Waals surface area contributed by atoms with Crippen LogP contribution in [0.15, 0.2) is 42.5 Å². The van der Waals surface area contributed by atoms with Crippen molar-refractivity contribution in [3.05, 3.63) is 58.6 Å². The number of hydrogen-bond donors (Lipinski definition) is 0. The molecule has 25 heavy (non-hydrogen) atoms. The van der Waals surface area contributed by atoms with Crippen LogP contribution in [0.25, 0.3) is 0 Å². The van der Waals surface area contributed by atoms with Gasteiger partial charge in [-0.1, -0.05) is 29.8 Å². The lowest BCUT2D eigenvalue weighted by Gasteiger charge is -2.27. The molecule has 4 nitrogen and oxygen atoms in total. The molecule has 0 saturated heterocycles. The van der Waals surface area contributed by atoms with Gasteiger partial charge in [-0.25, -0.2) is 0 Å². The van der Waals surface area contributed by atoms with Crippen LogP contribution in [-0.2, 0) is 9.59 Å². The quantitative estimate of drug-likeness (QED) is 0.796. The number of nitrogens with zero attached hydrogens (tertiary/aromatic N) is 2. The zero-order valence-electron chi connectivity index (χ0n) is 15.0. The van der Waals surface area contributed by atoms with Crippen molar-refractivity contribution in [1.82, 2.24) is 0 Å². The summed E-state index contributed by atoms with van der Waals surface area (Å²) in [6.45, 7) is 7.75. The summed E-state index contributed by atoms with van der Waals surface area (Å²) in [4.78, 5) is 28.2. The second-order valence-electron chi connectivity index (χ2n) is 6.01. The minimum Gasteiger partial charge on any atom is -0.311 e. The van der Waals surface area contributed by atoms with Gasteiger partial charge in [0, 0.05) is 29.9 Å². The van der Waals surface area contributed by atoms with Crippen LogP contribution in [0.2, 0.25) is 5.02 Å². The summed E-state index contributed by atoms with van der Waals surface area (Å²) in [6, 6.07) is 13.1. The Morgan fingerprint density at radius 1 is 1.04 bits per heavy atom. The van der Waals surface area contributed by atoms with E-state index >= 15 is 0 Å². The fourth-order valence-electron chi connectivity index (χ4n) is 2.76. The maximum Gasteiger partial charge on any atom is 0.247 e. The smallest absolute Gasteiger partial charge is 0.247 e. The molecule has 0 aromatic heterocycles. The van der Waals surface area contributed by atoms with Crippen LogP contribution >= 0.6 is 11.6 Å². The fraction of sp³-hybridized carbons (Fsp3) is 0.300. The molecule has 2 rings (SSSR count). The van der Waals surface area contributed by atoms with Gasteiger partial charge in [-0.2, -0.15) is 0 Å². The first kappa shape index (κ1) is 19.0. The van der Waals surface area contributed by atoms with Gasteiger partial charge in [0.1, 0.15) is 6.54 Å². The zero-order chi connectivity index (χ0) is 18.6. The van der Waals surface area contributed by atoms with Crippen molar-refractivity contribution in [2.75, 3.05) is 22.9 Å². The van der Waals surface area contributed by atoms with Gasteiger partial charge in [0.15, 0.2) is 0 Å². The lowest BCUT2D eigenvalue weighted by molar-refractivity contribution is -0.121. The van der Waals surface area contributed by atoms with Gasteiger partial charge in [-0.15, -0.1) is 0 Å². The molecule has 0 saturated carbocycles. The highest BCUT2D eigenvalue weighted by Gasteiger charge is 2.22. The molecule has 0 radical (unpaired) electrons. The molecule has 0 N–H and O–H groups in total. The second kappa shape index (κ2) is 8.17. The minimum absolute atomic E-state index is 0.0295. The number of hydrogen-bond acceptors (Lipinski definition) is 2. The lowest BCUT2D eigenvalue weighted by Crippen LogP contribution is -2.42. The van der Waals surface area contributed by atoms with Crippen LogP contribution in [0.3, 0.4) is 0 Å². The Hall–Kier alpha value is -2.33. The fourth-order valence-corrected chi connectivity index (χ4v) is 2.93. The summed E-state index contributed by atoms with van der Waals surface area (Å²) in [6.07, 6.45) is 0. The van der Waals surface area contributed by atoms with E-state index in [1.165, 1.54) is 11.8 Å². The van der Waals surface area contributed by atoms with Crippen molar-refractivity contribution in [3.63, 3.8) is 0 Å². The minimum atomic E-state index is -0.195. The Morgan fingerprint density at radius 2 is 1.76 bits per heavy atom. The average molecular weight is 359 g/mol. The molecule has 0 unspecified atom stereocenters. The van der Waals surface area contributed by atoms with E-state index in [1.54, 1.807) is 17.0 Å². The van der Waals surface area contributed by atoms with Gasteiger partial charge in [0.25, 0.3) is 0 Å². The highest BCUT2D eigenvalue weighted by Crippen LogP contribution is 2.25. The molecule has 0 aliphatic carbocycles. The normalized spacial score (nSPS) is 10.4. The van der Waals surface area contributed by atoms with E-state index in [0.29, 0.717) is 17.3 Å². The summed E-state index contributed by atoms with van der Waals surface area (Å²) >= 11 is 6.07. The monoisotopic (exact) mass is 358 g/mol. The molecule has 0 fully saturated rings. The van der Waals surface area contributed by atoms with E-state index < -0.39 is 0 Å². The van der Waals surface area contributed by atoms with E-state index in [-0.39, 0.29) is 18.4 Å². The first-order valence-electron chi connectivity index (χ1n) is 8.24. The number of anilines is 2. The molecule has 0 heterocycles. The summed E-state index contributed by atoms with van der Waals surface area (Å²) < 4.78 is 0. The molecule has 2 aromatic carbocycles. The standard InChI is InChI=1S/C20H23ClN2O2/c1-5-22(18-8-6-7-14(2)11-18)20(25)13-23(16(4)24)19-12-17(21)10-9-15(19)3/h6-12H,5,13H2,1-4H3. The number of likely N-dealkylation sites (N-methyl/N-ethyl adjacent to an activating group) is 1. The van der Waals surface area contributed by atoms with E-state index in [2.05, 4.69) is 0 Å². The molecular weight excluding hydrogens is 336 g/mol. The lowest BCUT2D eigenvalue weighted by atomic mass is 10.1. The van der Waals surface area contributed by atoms with Crippen molar-refractivity contribution in [3.8, 4) is 0 Å². The van der Waals surface area contributed by atoms with Crippen molar-refractivity contribution < 1.29 is 9.59 Å². The van der Waals surface area contributed by atoms with Crippen LogP contribution in [-0.4, -0.2) is 24.9 Å². The molecule has 0 atom stereocenters. The number of rotatable bonds is 5. The second-order valence-corrected chi connectivity index (χ2v) is 6.45. The molecule has 0 aliphatic heterocycles. The van der Waals surface area contributed by atoms with Crippen LogP contribution < -0.4 is 9.80 Å². The van der Waals surface area contributed by atoms with Crippen molar-refractivity contribution in [1.29, 1.82) is 0 Å². The summed E-state index contributed by atoms with van der Waals surface area (Å²) in [5.41, 5.74) is 3.47. The molecule has 0 bridgehead atoms. The molecular formula is C20H23ClN2O2. The van der Waals surface area contributed by atoms with E-state index in [4.69, 9.17) is 11.6 Å². The Balaban J connectivity index is 2.30. The first-order chi connectivity index (χ1) is 11.8. The SMILES string of the molecule is CCN(C(=O)CN(C(C)=O)c1cc(Cl)ccc1C)c1cccc(C)c1. The van der Waals surface area contributed by atoms with Crippen LogP contribution in [0.1, 0.15) is 25.0 Å². The third kappa shape index (κ3) is 4.60. The predicted octanol–water partition coefficient (Wildman–Crippen LogP) is 4.36. The summed E-state index contributed by atoms with van der Waals surface area (Å²) in [7, 11) is 0. The molecule has 2 aromatic rings. The predicted molar refractivity (Wildman–Crippen MR) is 103 cm³/mol. The van der Waals surface area contributed by atoms with E-state index in [0.717, 1.165) is 16.8 Å². The number of aryl methyl sites for hydroxylation is 2. The van der Waals surface area contributed by atoms with Crippen LogP contribution in [0, 0.1) is 13.8 Å². The zero-order valence-corrected chi connectivity index (χ0v) is 15.8. The van der Waals surface area contributed by atoms with Crippen molar-refractivity contribution in [2.24, 2.45) is 0 Å². The topological polar surface area (TPSA) is 40.6 Å². The molecule has 5 heteroatoms. The summed E-state index contributed by atoms with van der Waals surface area (Å²) in [5, 5.41) is 0.533. The third-order valence-electron chi connectivity index (χ3n) is 4.07. The van der Waals surface area contributed by atoms with E-state index in [1.807, 2.05) is 51.1 Å². The highest BCUT2D eigenvalue weighted by molar-refractivity contribution is 6.31. The van der Waals surface area contributed by atoms with Crippen molar-refractivity contribution in [2.45, 2.75) is 27.7 Å². The Bertz CT molecular complexity index is 789. The maximum atomic E-state index is 12.9. The molecule has 132 valence electrons.